The third-order valence-electron chi connectivity index (χ3n) is 2.95. The number of H-pyrrole nitrogens is 1. The molecule has 0 unspecified atom stereocenters. The second-order valence-corrected chi connectivity index (χ2v) is 4.33. The summed E-state index contributed by atoms with van der Waals surface area (Å²) >= 11 is 0. The van der Waals surface area contributed by atoms with Crippen LogP contribution in [-0.2, 0) is 0 Å². The van der Waals surface area contributed by atoms with E-state index in [1.54, 1.807) is 7.05 Å². The Morgan fingerprint density at radius 3 is 2.81 bits per heavy atom. The maximum absolute atomic E-state index is 11.8. The Kier molecular flexibility index (Phi) is 2.86. The minimum atomic E-state index is -0.742. The van der Waals surface area contributed by atoms with Gasteiger partial charge in [-0.1, -0.05) is 12.8 Å². The molecular formula is C9H15N5O2. The highest BCUT2D eigenvalue weighted by molar-refractivity contribution is 5.89. The Morgan fingerprint density at radius 1 is 1.56 bits per heavy atom. The highest BCUT2D eigenvalue weighted by Crippen LogP contribution is 2.29. The summed E-state index contributed by atoms with van der Waals surface area (Å²) in [5.41, 5.74) is -0.742. The van der Waals surface area contributed by atoms with Gasteiger partial charge < -0.3 is 10.0 Å². The number of amides is 1. The van der Waals surface area contributed by atoms with Crippen molar-refractivity contribution in [1.82, 2.24) is 25.5 Å². The van der Waals surface area contributed by atoms with Crippen LogP contribution >= 0.6 is 0 Å². The van der Waals surface area contributed by atoms with Gasteiger partial charge in [0.2, 0.25) is 0 Å². The molecule has 2 rings (SSSR count). The molecule has 1 aromatic heterocycles. The number of nitrogens with one attached hydrogen (secondary N) is 1. The largest absolute Gasteiger partial charge is 0.388 e. The molecule has 7 heteroatoms. The van der Waals surface area contributed by atoms with E-state index in [9.17, 15) is 9.90 Å². The van der Waals surface area contributed by atoms with Crippen molar-refractivity contribution in [3.8, 4) is 0 Å². The SMILES string of the molecule is CN(CC1(O)CCCC1)C(=O)c1nn[nH]n1. The summed E-state index contributed by atoms with van der Waals surface area (Å²) in [5.74, 6) is -0.293. The van der Waals surface area contributed by atoms with Crippen LogP contribution in [0.4, 0.5) is 0 Å². The van der Waals surface area contributed by atoms with Gasteiger partial charge in [0.1, 0.15) is 0 Å². The van der Waals surface area contributed by atoms with E-state index in [0.29, 0.717) is 6.54 Å². The molecule has 0 aliphatic heterocycles. The molecule has 0 spiro atoms. The summed E-state index contributed by atoms with van der Waals surface area (Å²) in [6, 6.07) is 0. The quantitative estimate of drug-likeness (QED) is 0.728. The zero-order chi connectivity index (χ0) is 11.6. The van der Waals surface area contributed by atoms with E-state index in [1.165, 1.54) is 4.90 Å². The minimum absolute atomic E-state index is 0.0316. The molecule has 1 aliphatic carbocycles. The smallest absolute Gasteiger partial charge is 0.295 e. The summed E-state index contributed by atoms with van der Waals surface area (Å²) in [4.78, 5) is 13.2. The van der Waals surface area contributed by atoms with E-state index in [4.69, 9.17) is 0 Å². The molecule has 0 aromatic carbocycles. The lowest BCUT2D eigenvalue weighted by Gasteiger charge is -2.27. The van der Waals surface area contributed by atoms with Gasteiger partial charge in [0.25, 0.3) is 11.7 Å². The number of aliphatic hydroxyl groups is 1. The van der Waals surface area contributed by atoms with Gasteiger partial charge in [0.15, 0.2) is 0 Å². The molecule has 0 radical (unpaired) electrons. The van der Waals surface area contributed by atoms with Crippen molar-refractivity contribution in [3.05, 3.63) is 5.82 Å². The molecule has 0 bridgehead atoms. The first kappa shape index (κ1) is 11.0. The molecule has 1 heterocycles. The number of hydrogen-bond acceptors (Lipinski definition) is 5. The average Bonchev–Trinajstić information content (AvgIpc) is 2.87. The first-order valence-corrected chi connectivity index (χ1v) is 5.32. The van der Waals surface area contributed by atoms with Gasteiger partial charge in [0, 0.05) is 13.6 Å². The van der Waals surface area contributed by atoms with Crippen LogP contribution in [0.1, 0.15) is 36.3 Å². The molecule has 1 saturated carbocycles. The standard InChI is InChI=1S/C9H15N5O2/c1-14(6-9(16)4-2-3-5-9)8(15)7-10-12-13-11-7/h16H,2-6H2,1H3,(H,10,11,12,13). The molecule has 1 aromatic rings. The predicted octanol–water partition coefficient (Wildman–Crippen LogP) is -0.423. The zero-order valence-corrected chi connectivity index (χ0v) is 9.18. The minimum Gasteiger partial charge on any atom is -0.388 e. The fourth-order valence-electron chi connectivity index (χ4n) is 2.13. The Balaban J connectivity index is 1.97. The second kappa shape index (κ2) is 4.17. The van der Waals surface area contributed by atoms with Crippen LogP contribution in [-0.4, -0.2) is 55.7 Å². The van der Waals surface area contributed by atoms with E-state index in [0.717, 1.165) is 25.7 Å². The molecule has 0 saturated heterocycles. The summed E-state index contributed by atoms with van der Waals surface area (Å²) in [5, 5.41) is 22.9. The van der Waals surface area contributed by atoms with Gasteiger partial charge in [0.05, 0.1) is 5.60 Å². The van der Waals surface area contributed by atoms with Crippen molar-refractivity contribution >= 4 is 5.91 Å². The van der Waals surface area contributed by atoms with Crippen LogP contribution in [0, 0.1) is 0 Å². The van der Waals surface area contributed by atoms with Crippen molar-refractivity contribution in [1.29, 1.82) is 0 Å². The molecule has 2 N–H and O–H groups in total. The number of aromatic nitrogens is 4. The molecule has 16 heavy (non-hydrogen) atoms. The highest BCUT2D eigenvalue weighted by atomic mass is 16.3. The zero-order valence-electron chi connectivity index (χ0n) is 9.18. The average molecular weight is 225 g/mol. The lowest BCUT2D eigenvalue weighted by atomic mass is 10.0. The Morgan fingerprint density at radius 2 is 2.25 bits per heavy atom. The van der Waals surface area contributed by atoms with Crippen molar-refractivity contribution < 1.29 is 9.90 Å². The summed E-state index contributed by atoms with van der Waals surface area (Å²) in [7, 11) is 1.63. The van der Waals surface area contributed by atoms with E-state index in [2.05, 4.69) is 20.6 Å². The summed E-state index contributed by atoms with van der Waals surface area (Å²) < 4.78 is 0. The fraction of sp³-hybridized carbons (Fsp3) is 0.778. The van der Waals surface area contributed by atoms with Crippen LogP contribution in [0.3, 0.4) is 0 Å². The van der Waals surface area contributed by atoms with E-state index < -0.39 is 5.60 Å². The molecule has 1 amide bonds. The summed E-state index contributed by atoms with van der Waals surface area (Å²) in [6.07, 6.45) is 3.52. The molecular weight excluding hydrogens is 210 g/mol. The molecule has 1 fully saturated rings. The molecule has 88 valence electrons. The predicted molar refractivity (Wildman–Crippen MR) is 54.6 cm³/mol. The lowest BCUT2D eigenvalue weighted by Crippen LogP contribution is -2.42. The van der Waals surface area contributed by atoms with Crippen LogP contribution < -0.4 is 0 Å². The number of carbonyl (C=O) groups excluding carboxylic acids is 1. The Bertz CT molecular complexity index is 358. The fourth-order valence-corrected chi connectivity index (χ4v) is 2.13. The molecule has 7 nitrogen and oxygen atoms in total. The third-order valence-corrected chi connectivity index (χ3v) is 2.95. The van der Waals surface area contributed by atoms with Crippen LogP contribution in [0.2, 0.25) is 0 Å². The van der Waals surface area contributed by atoms with Crippen molar-refractivity contribution in [2.45, 2.75) is 31.3 Å². The number of aromatic amines is 1. The van der Waals surface area contributed by atoms with E-state index in [1.807, 2.05) is 0 Å². The van der Waals surface area contributed by atoms with Gasteiger partial charge in [-0.15, -0.1) is 10.2 Å². The lowest BCUT2D eigenvalue weighted by molar-refractivity contribution is 0.0152. The number of hydrogen-bond donors (Lipinski definition) is 2. The van der Waals surface area contributed by atoms with Crippen molar-refractivity contribution in [3.63, 3.8) is 0 Å². The maximum atomic E-state index is 11.8. The van der Waals surface area contributed by atoms with E-state index >= 15 is 0 Å². The molecule has 1 aliphatic rings. The molecule has 0 atom stereocenters. The number of carbonyl (C=O) groups is 1. The first-order chi connectivity index (χ1) is 7.61. The summed E-state index contributed by atoms with van der Waals surface area (Å²) in [6.45, 7) is 0.320. The van der Waals surface area contributed by atoms with Gasteiger partial charge in [-0.2, -0.15) is 5.21 Å². The second-order valence-electron chi connectivity index (χ2n) is 4.33. The van der Waals surface area contributed by atoms with Gasteiger partial charge in [-0.25, -0.2) is 0 Å². The van der Waals surface area contributed by atoms with Crippen molar-refractivity contribution in [2.24, 2.45) is 0 Å². The highest BCUT2D eigenvalue weighted by Gasteiger charge is 2.34. The maximum Gasteiger partial charge on any atom is 0.295 e. The van der Waals surface area contributed by atoms with Gasteiger partial charge in [-0.05, 0) is 18.1 Å². The first-order valence-electron chi connectivity index (χ1n) is 5.32. The van der Waals surface area contributed by atoms with E-state index in [-0.39, 0.29) is 11.7 Å². The monoisotopic (exact) mass is 225 g/mol. The Labute approximate surface area is 92.8 Å². The number of tetrazole rings is 1. The number of likely N-dealkylation sites (N-methyl/N-ethyl adjacent to an activating group) is 1. The van der Waals surface area contributed by atoms with Crippen LogP contribution in [0.15, 0.2) is 0 Å². The van der Waals surface area contributed by atoms with Crippen molar-refractivity contribution in [2.75, 3.05) is 13.6 Å². The normalized spacial score (nSPS) is 18.6. The van der Waals surface area contributed by atoms with Gasteiger partial charge >= 0.3 is 0 Å². The number of nitrogens with zero attached hydrogens (tertiary/aromatic N) is 4. The Hall–Kier alpha value is -1.50. The number of rotatable bonds is 3. The van der Waals surface area contributed by atoms with Gasteiger partial charge in [-0.3, -0.25) is 4.79 Å². The third kappa shape index (κ3) is 2.19. The van der Waals surface area contributed by atoms with Crippen LogP contribution in [0.25, 0.3) is 0 Å². The van der Waals surface area contributed by atoms with Crippen LogP contribution in [0.5, 0.6) is 0 Å². The topological polar surface area (TPSA) is 95.0 Å².